The van der Waals surface area contributed by atoms with E-state index in [2.05, 4.69) is 26.0 Å². The van der Waals surface area contributed by atoms with Gasteiger partial charge < -0.3 is 14.8 Å². The number of hydrogen-bond donors (Lipinski definition) is 2. The highest BCUT2D eigenvalue weighted by Gasteiger charge is 2.43. The van der Waals surface area contributed by atoms with E-state index in [0.29, 0.717) is 25.2 Å². The van der Waals surface area contributed by atoms with Crippen molar-refractivity contribution in [3.05, 3.63) is 34.3 Å². The maximum absolute atomic E-state index is 12.7. The number of rotatable bonds is 7. The Bertz CT molecular complexity index is 897. The monoisotopic (exact) mass is 516 g/mol. The molecular weight excluding hydrogens is 488 g/mol. The third-order valence-electron chi connectivity index (χ3n) is 5.75. The van der Waals surface area contributed by atoms with Crippen LogP contribution < -0.4 is 10.0 Å². The first-order valence-corrected chi connectivity index (χ1v) is 12.9. The number of benzene rings is 1. The minimum atomic E-state index is -3.92. The van der Waals surface area contributed by atoms with Crippen molar-refractivity contribution < 1.29 is 27.5 Å². The van der Waals surface area contributed by atoms with Gasteiger partial charge in [-0.3, -0.25) is 14.3 Å². The summed E-state index contributed by atoms with van der Waals surface area (Å²) in [6.07, 6.45) is 2.48. The Labute approximate surface area is 191 Å². The molecule has 2 aliphatic rings. The van der Waals surface area contributed by atoms with Gasteiger partial charge in [0.25, 0.3) is 11.8 Å². The SMILES string of the molecule is CC(C)C(NC(=O)c1ccc(Br)cc1)C(=O)NS(=O)(=O)CC1CCC2(CCOCC2)O1. The number of halogens is 1. The average Bonchev–Trinajstić information content (AvgIpc) is 3.06. The molecule has 31 heavy (non-hydrogen) atoms. The Morgan fingerprint density at radius 2 is 1.81 bits per heavy atom. The molecule has 0 radical (unpaired) electrons. The zero-order valence-electron chi connectivity index (χ0n) is 17.7. The second-order valence-corrected chi connectivity index (χ2v) is 11.2. The lowest BCUT2D eigenvalue weighted by atomic mass is 9.91. The highest BCUT2D eigenvalue weighted by Crippen LogP contribution is 2.38. The predicted octanol–water partition coefficient (Wildman–Crippen LogP) is 2.38. The summed E-state index contributed by atoms with van der Waals surface area (Å²) in [5.74, 6) is -1.78. The number of hydrogen-bond acceptors (Lipinski definition) is 6. The Morgan fingerprint density at radius 1 is 1.16 bits per heavy atom. The first-order valence-electron chi connectivity index (χ1n) is 10.5. The maximum atomic E-state index is 12.7. The average molecular weight is 517 g/mol. The van der Waals surface area contributed by atoms with Crippen molar-refractivity contribution in [2.75, 3.05) is 19.0 Å². The predicted molar refractivity (Wildman–Crippen MR) is 119 cm³/mol. The van der Waals surface area contributed by atoms with Crippen molar-refractivity contribution in [3.63, 3.8) is 0 Å². The Hall–Kier alpha value is -1.49. The van der Waals surface area contributed by atoms with Crippen LogP contribution in [0.5, 0.6) is 0 Å². The third-order valence-corrected chi connectivity index (χ3v) is 7.60. The van der Waals surface area contributed by atoms with Gasteiger partial charge in [-0.2, -0.15) is 0 Å². The quantitative estimate of drug-likeness (QED) is 0.575. The second kappa shape index (κ2) is 9.97. The molecule has 1 aromatic carbocycles. The fourth-order valence-corrected chi connectivity index (χ4v) is 5.49. The molecule has 10 heteroatoms. The molecule has 0 aliphatic carbocycles. The molecular formula is C21H29BrN2O6S. The zero-order chi connectivity index (χ0) is 22.6. The van der Waals surface area contributed by atoms with Crippen molar-refractivity contribution in [3.8, 4) is 0 Å². The molecule has 1 spiro atoms. The first-order chi connectivity index (χ1) is 14.6. The van der Waals surface area contributed by atoms with Crippen LogP contribution in [0.1, 0.15) is 49.9 Å². The van der Waals surface area contributed by atoms with Gasteiger partial charge in [0.2, 0.25) is 10.0 Å². The van der Waals surface area contributed by atoms with E-state index in [0.717, 1.165) is 23.7 Å². The van der Waals surface area contributed by atoms with Crippen LogP contribution in [0.2, 0.25) is 0 Å². The highest BCUT2D eigenvalue weighted by atomic mass is 79.9. The molecule has 2 atom stereocenters. The number of amides is 2. The van der Waals surface area contributed by atoms with Crippen molar-refractivity contribution in [1.29, 1.82) is 0 Å². The van der Waals surface area contributed by atoms with E-state index >= 15 is 0 Å². The smallest absolute Gasteiger partial charge is 0.256 e. The largest absolute Gasteiger partial charge is 0.381 e. The van der Waals surface area contributed by atoms with Crippen LogP contribution in [0.4, 0.5) is 0 Å². The normalized spacial score (nSPS) is 21.7. The van der Waals surface area contributed by atoms with Crippen molar-refractivity contribution in [1.82, 2.24) is 10.0 Å². The van der Waals surface area contributed by atoms with E-state index in [9.17, 15) is 18.0 Å². The van der Waals surface area contributed by atoms with Gasteiger partial charge in [0.05, 0.1) is 17.5 Å². The number of sulfonamides is 1. The van der Waals surface area contributed by atoms with E-state index in [1.54, 1.807) is 38.1 Å². The van der Waals surface area contributed by atoms with Crippen LogP contribution >= 0.6 is 15.9 Å². The lowest BCUT2D eigenvalue weighted by molar-refractivity contribution is -0.122. The summed E-state index contributed by atoms with van der Waals surface area (Å²) in [6.45, 7) is 4.72. The molecule has 0 saturated carbocycles. The minimum Gasteiger partial charge on any atom is -0.381 e. The van der Waals surface area contributed by atoms with Crippen molar-refractivity contribution in [2.45, 2.75) is 57.3 Å². The van der Waals surface area contributed by atoms with E-state index < -0.39 is 34.0 Å². The summed E-state index contributed by atoms with van der Waals surface area (Å²) in [7, 11) is -3.92. The number of nitrogens with one attached hydrogen (secondary N) is 2. The minimum absolute atomic E-state index is 0.285. The van der Waals surface area contributed by atoms with Crippen LogP contribution in [0.25, 0.3) is 0 Å². The maximum Gasteiger partial charge on any atom is 0.256 e. The Kier molecular flexibility index (Phi) is 7.77. The third kappa shape index (κ3) is 6.50. The van der Waals surface area contributed by atoms with Gasteiger partial charge in [0.15, 0.2) is 0 Å². The molecule has 0 bridgehead atoms. The second-order valence-electron chi connectivity index (χ2n) is 8.52. The van der Waals surface area contributed by atoms with Gasteiger partial charge >= 0.3 is 0 Å². The van der Waals surface area contributed by atoms with E-state index in [-0.39, 0.29) is 17.3 Å². The summed E-state index contributed by atoms with van der Waals surface area (Å²) >= 11 is 3.31. The highest BCUT2D eigenvalue weighted by molar-refractivity contribution is 9.10. The topological polar surface area (TPSA) is 111 Å². The lowest BCUT2D eigenvalue weighted by Crippen LogP contribution is -2.52. The summed E-state index contributed by atoms with van der Waals surface area (Å²) in [6, 6.07) is 5.69. The number of carbonyl (C=O) groups is 2. The van der Waals surface area contributed by atoms with Crippen molar-refractivity contribution >= 4 is 37.8 Å². The molecule has 8 nitrogen and oxygen atoms in total. The molecule has 2 fully saturated rings. The molecule has 2 unspecified atom stereocenters. The zero-order valence-corrected chi connectivity index (χ0v) is 20.1. The van der Waals surface area contributed by atoms with E-state index in [1.807, 2.05) is 0 Å². The molecule has 2 saturated heterocycles. The molecule has 3 rings (SSSR count). The van der Waals surface area contributed by atoms with Crippen LogP contribution in [0.15, 0.2) is 28.7 Å². The molecule has 2 aliphatic heterocycles. The Balaban J connectivity index is 1.59. The molecule has 0 aromatic heterocycles. The molecule has 172 valence electrons. The van der Waals surface area contributed by atoms with Gasteiger partial charge in [-0.05, 0) is 55.9 Å². The van der Waals surface area contributed by atoms with E-state index in [1.165, 1.54) is 0 Å². The molecule has 2 heterocycles. The van der Waals surface area contributed by atoms with Gasteiger partial charge in [-0.15, -0.1) is 0 Å². The fourth-order valence-electron chi connectivity index (χ4n) is 3.99. The van der Waals surface area contributed by atoms with Crippen LogP contribution in [-0.4, -0.2) is 56.9 Å². The van der Waals surface area contributed by atoms with E-state index in [4.69, 9.17) is 9.47 Å². The standard InChI is InChI=1S/C21H29BrN2O6S/c1-14(2)18(23-19(25)15-3-5-16(22)6-4-15)20(26)24-31(27,28)13-17-7-8-21(30-17)9-11-29-12-10-21/h3-6,14,17-18H,7-13H2,1-2H3,(H,23,25)(H,24,26). The first kappa shape index (κ1) is 24.2. The Morgan fingerprint density at radius 3 is 2.42 bits per heavy atom. The summed E-state index contributed by atoms with van der Waals surface area (Å²) < 4.78 is 39.7. The van der Waals surface area contributed by atoms with Crippen LogP contribution in [0, 0.1) is 5.92 Å². The van der Waals surface area contributed by atoms with Crippen LogP contribution in [-0.2, 0) is 24.3 Å². The molecule has 1 aromatic rings. The van der Waals surface area contributed by atoms with Gasteiger partial charge in [0.1, 0.15) is 6.04 Å². The summed E-state index contributed by atoms with van der Waals surface area (Å²) in [5, 5.41) is 2.64. The van der Waals surface area contributed by atoms with Gasteiger partial charge in [-0.1, -0.05) is 29.8 Å². The molecule has 2 N–H and O–H groups in total. The van der Waals surface area contributed by atoms with Crippen molar-refractivity contribution in [2.24, 2.45) is 5.92 Å². The summed E-state index contributed by atoms with van der Waals surface area (Å²) in [4.78, 5) is 25.2. The van der Waals surface area contributed by atoms with Gasteiger partial charge in [-0.25, -0.2) is 8.42 Å². The molecule has 2 amide bonds. The number of carbonyl (C=O) groups excluding carboxylic acids is 2. The van der Waals surface area contributed by atoms with Crippen LogP contribution in [0.3, 0.4) is 0 Å². The number of ether oxygens (including phenoxy) is 2. The van der Waals surface area contributed by atoms with Gasteiger partial charge in [0, 0.05) is 23.2 Å². The fraction of sp³-hybridized carbons (Fsp3) is 0.619. The lowest BCUT2D eigenvalue weighted by Gasteiger charge is -2.33. The summed E-state index contributed by atoms with van der Waals surface area (Å²) in [5.41, 5.74) is 0.0762.